The number of fused-ring (bicyclic) bond motifs is 1. The van der Waals surface area contributed by atoms with Gasteiger partial charge < -0.3 is 9.64 Å². The number of nitrogens with zero attached hydrogens (tertiary/aromatic N) is 2. The van der Waals surface area contributed by atoms with E-state index in [9.17, 15) is 4.79 Å². The fraction of sp³-hybridized carbons (Fsp3) is 0.900. The van der Waals surface area contributed by atoms with Crippen LogP contribution in [0.2, 0.25) is 0 Å². The number of rotatable bonds is 0. The summed E-state index contributed by atoms with van der Waals surface area (Å²) in [7, 11) is 0. The van der Waals surface area contributed by atoms with E-state index < -0.39 is 5.60 Å². The standard InChI is InChI=1S/C10H19N3O2/c1-10(2,3)15-9(14)12-4-7-5-13(11)8(7)6-12/h7-8H,4-6,11H2,1-3H3. The van der Waals surface area contributed by atoms with E-state index in [0.29, 0.717) is 18.5 Å². The molecule has 2 N–H and O–H groups in total. The van der Waals surface area contributed by atoms with Crippen molar-refractivity contribution in [2.45, 2.75) is 32.4 Å². The second-order valence-electron chi connectivity index (χ2n) is 5.41. The summed E-state index contributed by atoms with van der Waals surface area (Å²) in [4.78, 5) is 13.5. The molecule has 0 aromatic heterocycles. The molecule has 2 aliphatic heterocycles. The van der Waals surface area contributed by atoms with E-state index in [1.807, 2.05) is 20.8 Å². The third-order valence-corrected chi connectivity index (χ3v) is 2.93. The van der Waals surface area contributed by atoms with Gasteiger partial charge in [-0.2, -0.15) is 0 Å². The van der Waals surface area contributed by atoms with Gasteiger partial charge in [-0.15, -0.1) is 0 Å². The number of hydrogen-bond donors (Lipinski definition) is 1. The number of hydrogen-bond acceptors (Lipinski definition) is 4. The molecule has 5 nitrogen and oxygen atoms in total. The fourth-order valence-electron chi connectivity index (χ4n) is 2.15. The van der Waals surface area contributed by atoms with Crippen molar-refractivity contribution in [2.75, 3.05) is 19.6 Å². The molecule has 0 radical (unpaired) electrons. The van der Waals surface area contributed by atoms with Gasteiger partial charge in [-0.3, -0.25) is 5.84 Å². The van der Waals surface area contributed by atoms with Crippen LogP contribution in [0, 0.1) is 5.92 Å². The summed E-state index contributed by atoms with van der Waals surface area (Å²) in [5.41, 5.74) is -0.416. The van der Waals surface area contributed by atoms with Crippen LogP contribution in [-0.2, 0) is 4.74 Å². The topological polar surface area (TPSA) is 58.8 Å². The van der Waals surface area contributed by atoms with Crippen molar-refractivity contribution < 1.29 is 9.53 Å². The van der Waals surface area contributed by atoms with Gasteiger partial charge in [0.25, 0.3) is 0 Å². The lowest BCUT2D eigenvalue weighted by Crippen LogP contribution is -2.59. The number of nitrogens with two attached hydrogens (primary N) is 1. The molecule has 2 atom stereocenters. The Morgan fingerprint density at radius 1 is 1.33 bits per heavy atom. The molecule has 2 unspecified atom stereocenters. The van der Waals surface area contributed by atoms with Gasteiger partial charge in [0.05, 0.1) is 0 Å². The van der Waals surface area contributed by atoms with Crippen molar-refractivity contribution in [2.24, 2.45) is 11.8 Å². The average molecular weight is 213 g/mol. The highest BCUT2D eigenvalue weighted by atomic mass is 16.6. The zero-order chi connectivity index (χ0) is 11.2. The monoisotopic (exact) mass is 213 g/mol. The molecule has 2 fully saturated rings. The maximum atomic E-state index is 11.7. The summed E-state index contributed by atoms with van der Waals surface area (Å²) in [6.07, 6.45) is -0.217. The number of amides is 1. The van der Waals surface area contributed by atoms with Crippen molar-refractivity contribution in [1.29, 1.82) is 0 Å². The highest BCUT2D eigenvalue weighted by Crippen LogP contribution is 2.30. The van der Waals surface area contributed by atoms with Crippen LogP contribution < -0.4 is 5.84 Å². The minimum absolute atomic E-state index is 0.217. The number of likely N-dealkylation sites (tertiary alicyclic amines) is 1. The third kappa shape index (κ3) is 2.08. The fourth-order valence-corrected chi connectivity index (χ4v) is 2.15. The van der Waals surface area contributed by atoms with Gasteiger partial charge in [-0.1, -0.05) is 0 Å². The Labute approximate surface area is 90.1 Å². The first-order valence-electron chi connectivity index (χ1n) is 5.36. The van der Waals surface area contributed by atoms with Gasteiger partial charge in [-0.25, -0.2) is 9.80 Å². The minimum atomic E-state index is -0.416. The molecule has 2 heterocycles. The van der Waals surface area contributed by atoms with Crippen molar-refractivity contribution in [3.8, 4) is 0 Å². The molecule has 0 bridgehead atoms. The number of carbonyl (C=O) groups excluding carboxylic acids is 1. The van der Waals surface area contributed by atoms with Crippen molar-refractivity contribution >= 4 is 6.09 Å². The Morgan fingerprint density at radius 3 is 2.47 bits per heavy atom. The van der Waals surface area contributed by atoms with Crippen LogP contribution in [0.1, 0.15) is 20.8 Å². The van der Waals surface area contributed by atoms with E-state index in [0.717, 1.165) is 13.1 Å². The van der Waals surface area contributed by atoms with Gasteiger partial charge in [0.1, 0.15) is 5.60 Å². The highest BCUT2D eigenvalue weighted by molar-refractivity contribution is 5.68. The van der Waals surface area contributed by atoms with Crippen LogP contribution in [0.4, 0.5) is 4.79 Å². The molecule has 0 aromatic rings. The van der Waals surface area contributed by atoms with E-state index in [-0.39, 0.29) is 6.09 Å². The molecule has 2 aliphatic rings. The summed E-state index contributed by atoms with van der Waals surface area (Å²) in [5, 5.41) is 1.80. The van der Waals surface area contributed by atoms with Crippen LogP contribution in [-0.4, -0.2) is 47.3 Å². The second-order valence-corrected chi connectivity index (χ2v) is 5.41. The maximum Gasteiger partial charge on any atom is 0.410 e. The molecule has 86 valence electrons. The summed E-state index contributed by atoms with van der Waals surface area (Å²) in [6, 6.07) is 0.345. The molecule has 2 saturated heterocycles. The lowest BCUT2D eigenvalue weighted by molar-refractivity contribution is 0.0286. The molecule has 0 aromatic carbocycles. The Hall–Kier alpha value is -0.810. The predicted molar refractivity (Wildman–Crippen MR) is 56.0 cm³/mol. The van der Waals surface area contributed by atoms with Crippen LogP contribution >= 0.6 is 0 Å². The first-order chi connectivity index (χ1) is 6.87. The minimum Gasteiger partial charge on any atom is -0.444 e. The van der Waals surface area contributed by atoms with Gasteiger partial charge in [-0.05, 0) is 20.8 Å². The molecule has 2 rings (SSSR count). The van der Waals surface area contributed by atoms with Crippen LogP contribution in [0.3, 0.4) is 0 Å². The molecule has 0 saturated carbocycles. The molecular formula is C10H19N3O2. The van der Waals surface area contributed by atoms with E-state index in [1.165, 1.54) is 0 Å². The van der Waals surface area contributed by atoms with Crippen LogP contribution in [0.15, 0.2) is 0 Å². The average Bonchev–Trinajstić information content (AvgIpc) is 2.39. The Kier molecular flexibility index (Phi) is 2.39. The smallest absolute Gasteiger partial charge is 0.410 e. The van der Waals surface area contributed by atoms with E-state index in [4.69, 9.17) is 10.6 Å². The molecule has 15 heavy (non-hydrogen) atoms. The number of ether oxygens (including phenoxy) is 1. The second kappa shape index (κ2) is 3.35. The van der Waals surface area contributed by atoms with Crippen molar-refractivity contribution in [3.63, 3.8) is 0 Å². The van der Waals surface area contributed by atoms with Crippen molar-refractivity contribution in [1.82, 2.24) is 9.91 Å². The zero-order valence-electron chi connectivity index (χ0n) is 9.56. The van der Waals surface area contributed by atoms with E-state index in [2.05, 4.69) is 0 Å². The Morgan fingerprint density at radius 2 is 2.00 bits per heavy atom. The number of hydrazine groups is 1. The third-order valence-electron chi connectivity index (χ3n) is 2.93. The summed E-state index contributed by atoms with van der Waals surface area (Å²) >= 11 is 0. The summed E-state index contributed by atoms with van der Waals surface area (Å²) < 4.78 is 5.31. The van der Waals surface area contributed by atoms with Crippen LogP contribution in [0.5, 0.6) is 0 Å². The van der Waals surface area contributed by atoms with Gasteiger partial charge in [0.15, 0.2) is 0 Å². The molecule has 5 heteroatoms. The lowest BCUT2D eigenvalue weighted by Gasteiger charge is -2.39. The summed E-state index contributed by atoms with van der Waals surface area (Å²) in [5.74, 6) is 6.25. The Bertz CT molecular complexity index is 274. The quantitative estimate of drug-likeness (QED) is 0.592. The first-order valence-corrected chi connectivity index (χ1v) is 5.36. The molecule has 0 aliphatic carbocycles. The van der Waals surface area contributed by atoms with E-state index in [1.54, 1.807) is 9.91 Å². The lowest BCUT2D eigenvalue weighted by atomic mass is 9.95. The normalized spacial score (nSPS) is 31.1. The largest absolute Gasteiger partial charge is 0.444 e. The predicted octanol–water partition coefficient (Wildman–Crippen LogP) is 0.411. The van der Waals surface area contributed by atoms with Crippen molar-refractivity contribution in [3.05, 3.63) is 0 Å². The van der Waals surface area contributed by atoms with Crippen LogP contribution in [0.25, 0.3) is 0 Å². The highest BCUT2D eigenvalue weighted by Gasteiger charge is 2.46. The molecule has 1 amide bonds. The van der Waals surface area contributed by atoms with Gasteiger partial charge in [0, 0.05) is 31.6 Å². The molecular weight excluding hydrogens is 194 g/mol. The van der Waals surface area contributed by atoms with Gasteiger partial charge in [0.2, 0.25) is 0 Å². The maximum absolute atomic E-state index is 11.7. The van der Waals surface area contributed by atoms with Gasteiger partial charge >= 0.3 is 6.09 Å². The van der Waals surface area contributed by atoms with E-state index >= 15 is 0 Å². The first kappa shape index (κ1) is 10.7. The SMILES string of the molecule is CC(C)(C)OC(=O)N1CC2CN(N)C2C1. The summed E-state index contributed by atoms with van der Waals surface area (Å²) in [6.45, 7) is 8.02. The Balaban J connectivity index is 1.88. The molecule has 0 spiro atoms. The number of carbonyl (C=O) groups is 1. The zero-order valence-corrected chi connectivity index (χ0v) is 9.56.